The Morgan fingerprint density at radius 2 is 1.83 bits per heavy atom. The Kier molecular flexibility index (Phi) is 4.65. The zero-order valence-corrected chi connectivity index (χ0v) is 11.6. The molecule has 0 N–H and O–H groups in total. The van der Waals surface area contributed by atoms with E-state index in [0.717, 1.165) is 24.9 Å². The van der Waals surface area contributed by atoms with Crippen LogP contribution in [0.3, 0.4) is 0 Å². The number of carbonyl (C=O) groups excluding carboxylic acids is 1. The molecule has 1 aromatic rings. The summed E-state index contributed by atoms with van der Waals surface area (Å²) >= 11 is 5.85. The average Bonchev–Trinajstić information content (AvgIpc) is 2.41. The van der Waals surface area contributed by atoms with E-state index in [1.165, 1.54) is 19.3 Å². The van der Waals surface area contributed by atoms with E-state index in [2.05, 4.69) is 6.92 Å². The minimum absolute atomic E-state index is 0.140. The molecule has 0 aliphatic heterocycles. The maximum Gasteiger partial charge on any atom is 0.254 e. The van der Waals surface area contributed by atoms with Crippen LogP contribution in [0.25, 0.3) is 0 Å². The van der Waals surface area contributed by atoms with E-state index in [-0.39, 0.29) is 5.91 Å². The van der Waals surface area contributed by atoms with Gasteiger partial charge in [-0.15, -0.1) is 0 Å². The van der Waals surface area contributed by atoms with Crippen LogP contribution in [0.15, 0.2) is 24.3 Å². The number of halogens is 1. The van der Waals surface area contributed by atoms with Gasteiger partial charge in [0.25, 0.3) is 5.91 Å². The predicted molar refractivity (Wildman–Crippen MR) is 75.0 cm³/mol. The van der Waals surface area contributed by atoms with Gasteiger partial charge in [-0.2, -0.15) is 0 Å². The molecule has 0 saturated heterocycles. The number of carbonyl (C=O) groups is 1. The molecule has 1 amide bonds. The van der Waals surface area contributed by atoms with E-state index in [9.17, 15) is 4.79 Å². The van der Waals surface area contributed by atoms with Crippen LogP contribution in [0.1, 0.15) is 49.4 Å². The largest absolute Gasteiger partial charge is 0.336 e. The predicted octanol–water partition coefficient (Wildman–Crippen LogP) is 4.13. The molecule has 98 valence electrons. The molecule has 0 spiro atoms. The lowest BCUT2D eigenvalue weighted by molar-refractivity contribution is 0.0648. The first-order chi connectivity index (χ1) is 8.72. The van der Waals surface area contributed by atoms with Gasteiger partial charge in [0.15, 0.2) is 0 Å². The fraction of sp³-hybridized carbons (Fsp3) is 0.533. The van der Waals surface area contributed by atoms with Crippen LogP contribution >= 0.6 is 11.6 Å². The molecule has 0 atom stereocenters. The first kappa shape index (κ1) is 13.4. The summed E-state index contributed by atoms with van der Waals surface area (Å²) in [6.07, 6.45) is 6.09. The van der Waals surface area contributed by atoms with Crippen LogP contribution in [-0.2, 0) is 0 Å². The summed E-state index contributed by atoms with van der Waals surface area (Å²) < 4.78 is 0. The normalized spacial score (nSPS) is 16.6. The molecule has 18 heavy (non-hydrogen) atoms. The summed E-state index contributed by atoms with van der Waals surface area (Å²) in [5.74, 6) is 0.140. The van der Waals surface area contributed by atoms with Crippen LogP contribution < -0.4 is 0 Å². The second kappa shape index (κ2) is 6.24. The molecule has 3 heteroatoms. The maximum atomic E-state index is 12.5. The Morgan fingerprint density at radius 1 is 1.22 bits per heavy atom. The van der Waals surface area contributed by atoms with Crippen LogP contribution in [0.4, 0.5) is 0 Å². The third kappa shape index (κ3) is 3.05. The molecule has 0 aromatic heterocycles. The van der Waals surface area contributed by atoms with Gasteiger partial charge in [0, 0.05) is 23.2 Å². The van der Waals surface area contributed by atoms with Crippen molar-refractivity contribution in [1.82, 2.24) is 4.90 Å². The molecule has 1 aliphatic rings. The molecule has 1 aromatic carbocycles. The van der Waals surface area contributed by atoms with Gasteiger partial charge in [0.2, 0.25) is 0 Å². The zero-order chi connectivity index (χ0) is 13.0. The van der Waals surface area contributed by atoms with Gasteiger partial charge in [0.1, 0.15) is 0 Å². The van der Waals surface area contributed by atoms with Gasteiger partial charge >= 0.3 is 0 Å². The van der Waals surface area contributed by atoms with Crippen molar-refractivity contribution in [2.45, 2.75) is 45.1 Å². The van der Waals surface area contributed by atoms with E-state index in [1.807, 2.05) is 17.0 Å². The highest BCUT2D eigenvalue weighted by atomic mass is 35.5. The number of hydrogen-bond acceptors (Lipinski definition) is 1. The van der Waals surface area contributed by atoms with E-state index in [1.54, 1.807) is 12.1 Å². The molecular weight excluding hydrogens is 246 g/mol. The van der Waals surface area contributed by atoms with Gasteiger partial charge < -0.3 is 4.90 Å². The molecule has 2 rings (SSSR count). The molecule has 2 nitrogen and oxygen atoms in total. The Hall–Kier alpha value is -1.02. The third-order valence-corrected chi connectivity index (χ3v) is 3.96. The summed E-state index contributed by atoms with van der Waals surface area (Å²) in [6, 6.07) is 7.62. The molecule has 1 saturated carbocycles. The van der Waals surface area contributed by atoms with Crippen LogP contribution in [0.5, 0.6) is 0 Å². The number of rotatable bonds is 3. The smallest absolute Gasteiger partial charge is 0.254 e. The van der Waals surface area contributed by atoms with Crippen LogP contribution in [0.2, 0.25) is 5.02 Å². The molecule has 0 unspecified atom stereocenters. The lowest BCUT2D eigenvalue weighted by Crippen LogP contribution is -2.41. The lowest BCUT2D eigenvalue weighted by Gasteiger charge is -2.33. The summed E-state index contributed by atoms with van der Waals surface area (Å²) in [4.78, 5) is 14.5. The number of amides is 1. The Labute approximate surface area is 114 Å². The minimum atomic E-state index is 0.140. The highest BCUT2D eigenvalue weighted by Crippen LogP contribution is 2.24. The highest BCUT2D eigenvalue weighted by Gasteiger charge is 2.24. The zero-order valence-electron chi connectivity index (χ0n) is 10.9. The number of benzene rings is 1. The van der Waals surface area contributed by atoms with Gasteiger partial charge in [0.05, 0.1) is 0 Å². The molecule has 0 radical (unpaired) electrons. The number of nitrogens with zero attached hydrogens (tertiary/aromatic N) is 1. The van der Waals surface area contributed by atoms with Crippen molar-refractivity contribution in [1.29, 1.82) is 0 Å². The van der Waals surface area contributed by atoms with E-state index in [0.29, 0.717) is 11.1 Å². The van der Waals surface area contributed by atoms with Crippen LogP contribution in [-0.4, -0.2) is 23.4 Å². The van der Waals surface area contributed by atoms with Crippen molar-refractivity contribution < 1.29 is 4.79 Å². The summed E-state index contributed by atoms with van der Waals surface area (Å²) in [6.45, 7) is 2.84. The van der Waals surface area contributed by atoms with E-state index in [4.69, 9.17) is 11.6 Å². The standard InChI is InChI=1S/C15H20ClNO/c1-2-17(14-6-4-3-5-7-14)15(18)12-8-10-13(16)11-9-12/h8-11,14H,2-7H2,1H3. The first-order valence-corrected chi connectivity index (χ1v) is 7.16. The Morgan fingerprint density at radius 3 is 2.39 bits per heavy atom. The summed E-state index contributed by atoms with van der Waals surface area (Å²) in [5, 5.41) is 0.673. The van der Waals surface area contributed by atoms with Crippen molar-refractivity contribution in [3.63, 3.8) is 0 Å². The average molecular weight is 266 g/mol. The Bertz CT molecular complexity index is 395. The molecule has 0 heterocycles. The first-order valence-electron chi connectivity index (χ1n) is 6.79. The van der Waals surface area contributed by atoms with Gasteiger partial charge in [-0.05, 0) is 44.0 Å². The van der Waals surface area contributed by atoms with Gasteiger partial charge in [-0.1, -0.05) is 30.9 Å². The molecular formula is C15H20ClNO. The van der Waals surface area contributed by atoms with Crippen molar-refractivity contribution in [3.05, 3.63) is 34.9 Å². The number of hydrogen-bond donors (Lipinski definition) is 0. The van der Waals surface area contributed by atoms with Crippen molar-refractivity contribution in [3.8, 4) is 0 Å². The monoisotopic (exact) mass is 265 g/mol. The van der Waals surface area contributed by atoms with Crippen molar-refractivity contribution in [2.24, 2.45) is 0 Å². The fourth-order valence-corrected chi connectivity index (χ4v) is 2.84. The maximum absolute atomic E-state index is 12.5. The second-order valence-electron chi connectivity index (χ2n) is 4.89. The van der Waals surface area contributed by atoms with Gasteiger partial charge in [-0.25, -0.2) is 0 Å². The van der Waals surface area contributed by atoms with E-state index < -0.39 is 0 Å². The summed E-state index contributed by atoms with van der Waals surface area (Å²) in [5.41, 5.74) is 0.742. The molecule has 1 fully saturated rings. The van der Waals surface area contributed by atoms with Gasteiger partial charge in [-0.3, -0.25) is 4.79 Å². The molecule has 0 bridgehead atoms. The lowest BCUT2D eigenvalue weighted by atomic mass is 9.93. The second-order valence-corrected chi connectivity index (χ2v) is 5.33. The van der Waals surface area contributed by atoms with Crippen molar-refractivity contribution in [2.75, 3.05) is 6.54 Å². The quantitative estimate of drug-likeness (QED) is 0.805. The van der Waals surface area contributed by atoms with Crippen LogP contribution in [0, 0.1) is 0 Å². The SMILES string of the molecule is CCN(C(=O)c1ccc(Cl)cc1)C1CCCCC1. The van der Waals surface area contributed by atoms with Crippen molar-refractivity contribution >= 4 is 17.5 Å². The van der Waals surface area contributed by atoms with E-state index >= 15 is 0 Å². The minimum Gasteiger partial charge on any atom is -0.336 e. The molecule has 1 aliphatic carbocycles. The topological polar surface area (TPSA) is 20.3 Å². The summed E-state index contributed by atoms with van der Waals surface area (Å²) in [7, 11) is 0. The fourth-order valence-electron chi connectivity index (χ4n) is 2.72. The Balaban J connectivity index is 2.11. The highest BCUT2D eigenvalue weighted by molar-refractivity contribution is 6.30. The third-order valence-electron chi connectivity index (χ3n) is 3.71.